The molecule has 0 aliphatic heterocycles. The van der Waals surface area contributed by atoms with Crippen molar-refractivity contribution >= 4 is 12.3 Å². The minimum absolute atomic E-state index is 0.0283. The summed E-state index contributed by atoms with van der Waals surface area (Å²) in [6, 6.07) is 4.92. The summed E-state index contributed by atoms with van der Waals surface area (Å²) < 4.78 is 19.9. The van der Waals surface area contributed by atoms with E-state index in [1.807, 2.05) is 0 Å². The lowest BCUT2D eigenvalue weighted by atomic mass is 10.1. The summed E-state index contributed by atoms with van der Waals surface area (Å²) in [4.78, 5) is 22.2. The summed E-state index contributed by atoms with van der Waals surface area (Å²) in [6.45, 7) is 0.913. The second-order valence-electron chi connectivity index (χ2n) is 3.91. The molecule has 0 radical (unpaired) electrons. The lowest BCUT2D eigenvalue weighted by Gasteiger charge is -2.10. The Balaban J connectivity index is 2.59. The molecule has 6 nitrogen and oxygen atoms in total. The van der Waals surface area contributed by atoms with E-state index in [1.165, 1.54) is 7.11 Å². The van der Waals surface area contributed by atoms with Gasteiger partial charge in [-0.1, -0.05) is 6.07 Å². The first-order valence-electron chi connectivity index (χ1n) is 6.05. The highest BCUT2D eigenvalue weighted by atomic mass is 16.7. The van der Waals surface area contributed by atoms with Gasteiger partial charge in [0.2, 0.25) is 0 Å². The summed E-state index contributed by atoms with van der Waals surface area (Å²) in [5.41, 5.74) is 1.05. The lowest BCUT2D eigenvalue weighted by Crippen LogP contribution is -2.09. The zero-order chi connectivity index (χ0) is 14.8. The van der Waals surface area contributed by atoms with Gasteiger partial charge in [-0.3, -0.25) is 9.59 Å². The number of benzene rings is 1. The number of ether oxygens (including phenoxy) is 4. The van der Waals surface area contributed by atoms with E-state index in [4.69, 9.17) is 14.2 Å². The topological polar surface area (TPSA) is 71.1 Å². The van der Waals surface area contributed by atoms with Gasteiger partial charge in [-0.25, -0.2) is 0 Å². The molecule has 0 atom stereocenters. The Morgan fingerprint density at radius 3 is 2.70 bits per heavy atom. The normalized spacial score (nSPS) is 10.1. The van der Waals surface area contributed by atoms with Gasteiger partial charge < -0.3 is 18.9 Å². The first-order chi connectivity index (χ1) is 9.71. The molecule has 1 aromatic carbocycles. The first-order valence-corrected chi connectivity index (χ1v) is 6.05. The molecule has 0 amide bonds. The van der Waals surface area contributed by atoms with Gasteiger partial charge >= 0.3 is 5.97 Å². The monoisotopic (exact) mass is 282 g/mol. The molecule has 0 unspecified atom stereocenters. The average Bonchev–Trinajstić information content (AvgIpc) is 2.47. The van der Waals surface area contributed by atoms with Gasteiger partial charge in [0.25, 0.3) is 0 Å². The summed E-state index contributed by atoms with van der Waals surface area (Å²) in [7, 11) is 2.90. The molecule has 0 heterocycles. The maximum atomic E-state index is 11.2. The van der Waals surface area contributed by atoms with E-state index in [0.29, 0.717) is 36.4 Å². The number of carbonyl (C=O) groups is 2. The minimum atomic E-state index is -0.363. The quantitative estimate of drug-likeness (QED) is 0.293. The van der Waals surface area contributed by atoms with Crippen LogP contribution in [-0.4, -0.2) is 46.5 Å². The maximum absolute atomic E-state index is 11.2. The molecule has 0 N–H and O–H groups in total. The van der Waals surface area contributed by atoms with Crippen LogP contribution in [0.3, 0.4) is 0 Å². The van der Waals surface area contributed by atoms with E-state index >= 15 is 0 Å². The summed E-state index contributed by atoms with van der Waals surface area (Å²) in [6.07, 6.45) is 0.785. The van der Waals surface area contributed by atoms with Crippen molar-refractivity contribution in [2.45, 2.75) is 6.42 Å². The molecule has 0 saturated carbocycles. The molecule has 0 aliphatic rings. The molecule has 6 heteroatoms. The van der Waals surface area contributed by atoms with Crippen molar-refractivity contribution in [3.8, 4) is 5.75 Å². The highest BCUT2D eigenvalue weighted by molar-refractivity contribution is 5.81. The van der Waals surface area contributed by atoms with Crippen molar-refractivity contribution in [2.75, 3.05) is 34.2 Å². The molecular weight excluding hydrogens is 264 g/mol. The summed E-state index contributed by atoms with van der Waals surface area (Å²) >= 11 is 0. The molecule has 0 spiro atoms. The molecule has 20 heavy (non-hydrogen) atoms. The number of methoxy groups -OCH3 is 2. The van der Waals surface area contributed by atoms with Crippen LogP contribution in [0.15, 0.2) is 18.2 Å². The Morgan fingerprint density at radius 1 is 1.25 bits per heavy atom. The molecule has 0 aromatic heterocycles. The Kier molecular flexibility index (Phi) is 7.31. The molecule has 0 aliphatic carbocycles. The van der Waals surface area contributed by atoms with Crippen molar-refractivity contribution in [3.05, 3.63) is 29.3 Å². The van der Waals surface area contributed by atoms with Gasteiger partial charge in [0.15, 0.2) is 13.1 Å². The van der Waals surface area contributed by atoms with Crippen LogP contribution in [0.2, 0.25) is 0 Å². The first kappa shape index (κ1) is 16.1. The SMILES string of the molecule is COCCOCOc1ccc(CC(=O)OC)cc1C=O. The molecule has 0 saturated heterocycles. The molecular formula is C14H18O6. The van der Waals surface area contributed by atoms with Crippen LogP contribution in [0.1, 0.15) is 15.9 Å². The molecule has 0 fully saturated rings. The average molecular weight is 282 g/mol. The highest BCUT2D eigenvalue weighted by Crippen LogP contribution is 2.19. The van der Waals surface area contributed by atoms with E-state index in [-0.39, 0.29) is 19.2 Å². The van der Waals surface area contributed by atoms with Crippen molar-refractivity contribution in [1.29, 1.82) is 0 Å². The van der Waals surface area contributed by atoms with E-state index in [1.54, 1.807) is 25.3 Å². The fraction of sp³-hybridized carbons (Fsp3) is 0.429. The van der Waals surface area contributed by atoms with E-state index in [0.717, 1.165) is 0 Å². The maximum Gasteiger partial charge on any atom is 0.309 e. The van der Waals surface area contributed by atoms with Crippen LogP contribution in [0.4, 0.5) is 0 Å². The largest absolute Gasteiger partial charge is 0.469 e. The second kappa shape index (κ2) is 9.06. The fourth-order valence-electron chi connectivity index (χ4n) is 1.48. The summed E-state index contributed by atoms with van der Waals surface area (Å²) in [5, 5.41) is 0. The smallest absolute Gasteiger partial charge is 0.309 e. The van der Waals surface area contributed by atoms with Crippen LogP contribution < -0.4 is 4.74 Å². The standard InChI is InChI=1S/C14H18O6/c1-17-5-6-19-10-20-13-4-3-11(7-12(13)9-15)8-14(16)18-2/h3-4,7,9H,5-6,8,10H2,1-2H3. The molecule has 0 bridgehead atoms. The van der Waals surface area contributed by atoms with E-state index in [2.05, 4.69) is 4.74 Å². The van der Waals surface area contributed by atoms with Crippen LogP contribution in [-0.2, 0) is 25.4 Å². The molecule has 110 valence electrons. The fourth-order valence-corrected chi connectivity index (χ4v) is 1.48. The third-order valence-corrected chi connectivity index (χ3v) is 2.51. The number of rotatable bonds is 9. The lowest BCUT2D eigenvalue weighted by molar-refractivity contribution is -0.139. The van der Waals surface area contributed by atoms with Crippen LogP contribution in [0, 0.1) is 0 Å². The Bertz CT molecular complexity index is 443. The van der Waals surface area contributed by atoms with Gasteiger partial charge in [0.05, 0.1) is 32.3 Å². The van der Waals surface area contributed by atoms with Crippen LogP contribution >= 0.6 is 0 Å². The third kappa shape index (κ3) is 5.38. The molecule has 1 rings (SSSR count). The highest BCUT2D eigenvalue weighted by Gasteiger charge is 2.08. The van der Waals surface area contributed by atoms with Gasteiger partial charge in [-0.05, 0) is 17.7 Å². The van der Waals surface area contributed by atoms with Crippen LogP contribution in [0.25, 0.3) is 0 Å². The number of hydrogen-bond donors (Lipinski definition) is 0. The van der Waals surface area contributed by atoms with Gasteiger partial charge in [-0.2, -0.15) is 0 Å². The van der Waals surface area contributed by atoms with Gasteiger partial charge in [0.1, 0.15) is 5.75 Å². The number of hydrogen-bond acceptors (Lipinski definition) is 6. The second-order valence-corrected chi connectivity index (χ2v) is 3.91. The predicted octanol–water partition coefficient (Wildman–Crippen LogP) is 1.21. The van der Waals surface area contributed by atoms with Gasteiger partial charge in [0, 0.05) is 7.11 Å². The number of esters is 1. The number of aldehydes is 1. The Hall–Kier alpha value is -1.92. The minimum Gasteiger partial charge on any atom is -0.469 e. The van der Waals surface area contributed by atoms with Crippen molar-refractivity contribution in [1.82, 2.24) is 0 Å². The zero-order valence-electron chi connectivity index (χ0n) is 11.6. The van der Waals surface area contributed by atoms with E-state index < -0.39 is 0 Å². The summed E-state index contributed by atoms with van der Waals surface area (Å²) in [5.74, 6) is 0.0458. The van der Waals surface area contributed by atoms with E-state index in [9.17, 15) is 9.59 Å². The Labute approximate surface area is 117 Å². The third-order valence-electron chi connectivity index (χ3n) is 2.51. The van der Waals surface area contributed by atoms with Crippen LogP contribution in [0.5, 0.6) is 5.75 Å². The zero-order valence-corrected chi connectivity index (χ0v) is 11.6. The van der Waals surface area contributed by atoms with Gasteiger partial charge in [-0.15, -0.1) is 0 Å². The predicted molar refractivity (Wildman–Crippen MR) is 70.9 cm³/mol. The van der Waals surface area contributed by atoms with Crippen molar-refractivity contribution in [3.63, 3.8) is 0 Å². The van der Waals surface area contributed by atoms with Crippen molar-refractivity contribution in [2.24, 2.45) is 0 Å². The Morgan fingerprint density at radius 2 is 2.05 bits per heavy atom. The van der Waals surface area contributed by atoms with Crippen molar-refractivity contribution < 1.29 is 28.5 Å². The number of carbonyl (C=O) groups excluding carboxylic acids is 2. The molecule has 1 aromatic rings.